The van der Waals surface area contributed by atoms with Gasteiger partial charge in [-0.3, -0.25) is 0 Å². The fraction of sp³-hybridized carbons (Fsp3) is 0.375. The Morgan fingerprint density at radius 3 is 2.62 bits per heavy atom. The molecule has 0 radical (unpaired) electrons. The highest BCUT2D eigenvalue weighted by atomic mass is 79.9. The van der Waals surface area contributed by atoms with Crippen LogP contribution >= 0.6 is 15.9 Å². The maximum Gasteiger partial charge on any atom is 0.135 e. The molecule has 0 amide bonds. The Kier molecular flexibility index (Phi) is 3.85. The monoisotopic (exact) mass is 346 g/mol. The Morgan fingerprint density at radius 2 is 1.95 bits per heavy atom. The van der Waals surface area contributed by atoms with Gasteiger partial charge < -0.3 is 10.2 Å². The van der Waals surface area contributed by atoms with E-state index in [0.717, 1.165) is 21.9 Å². The number of benzene rings is 1. The lowest BCUT2D eigenvalue weighted by molar-refractivity contribution is 0.919. The Hall–Kier alpha value is -1.62. The molecule has 0 bridgehead atoms. The first-order chi connectivity index (χ1) is 10.0. The lowest BCUT2D eigenvalue weighted by Gasteiger charge is -2.17. The lowest BCUT2D eigenvalue weighted by Crippen LogP contribution is -2.10. The van der Waals surface area contributed by atoms with Crippen LogP contribution in [0.15, 0.2) is 28.9 Å². The first kappa shape index (κ1) is 14.3. The molecule has 0 unspecified atom stereocenters. The summed E-state index contributed by atoms with van der Waals surface area (Å²) in [4.78, 5) is 11.2. The van der Waals surface area contributed by atoms with Gasteiger partial charge in [-0.2, -0.15) is 0 Å². The maximum atomic E-state index is 4.62. The fourth-order valence-electron chi connectivity index (χ4n) is 2.34. The summed E-state index contributed by atoms with van der Waals surface area (Å²) in [5, 5.41) is 3.38. The third kappa shape index (κ3) is 3.35. The third-order valence-corrected chi connectivity index (χ3v) is 4.02. The zero-order valence-corrected chi connectivity index (χ0v) is 14.1. The molecule has 2 aromatic rings. The van der Waals surface area contributed by atoms with Crippen LogP contribution in [0.5, 0.6) is 0 Å². The number of hydrogen-bond acceptors (Lipinski definition) is 4. The number of nitrogens with zero attached hydrogens (tertiary/aromatic N) is 3. The van der Waals surface area contributed by atoms with Crippen molar-refractivity contribution in [1.29, 1.82) is 0 Å². The normalized spacial score (nSPS) is 14.1. The van der Waals surface area contributed by atoms with Crippen LogP contribution in [0.1, 0.15) is 30.1 Å². The molecule has 0 saturated heterocycles. The summed E-state index contributed by atoms with van der Waals surface area (Å²) in [6, 6.07) is 8.26. The van der Waals surface area contributed by atoms with Crippen molar-refractivity contribution in [2.75, 3.05) is 24.3 Å². The molecule has 1 N–H and O–H groups in total. The van der Waals surface area contributed by atoms with Gasteiger partial charge in [-0.05, 0) is 53.4 Å². The molecular weight excluding hydrogens is 328 g/mol. The second-order valence-corrected chi connectivity index (χ2v) is 6.54. The van der Waals surface area contributed by atoms with E-state index in [-0.39, 0.29) is 0 Å². The number of aryl methyl sites for hydroxylation is 1. The van der Waals surface area contributed by atoms with Gasteiger partial charge in [-0.25, -0.2) is 9.97 Å². The first-order valence-electron chi connectivity index (χ1n) is 7.12. The van der Waals surface area contributed by atoms with E-state index in [0.29, 0.717) is 5.92 Å². The second-order valence-electron chi connectivity index (χ2n) is 5.73. The van der Waals surface area contributed by atoms with E-state index in [2.05, 4.69) is 75.3 Å². The number of halogens is 1. The average molecular weight is 347 g/mol. The second kappa shape index (κ2) is 5.64. The van der Waals surface area contributed by atoms with Crippen molar-refractivity contribution in [1.82, 2.24) is 9.97 Å². The zero-order chi connectivity index (χ0) is 15.0. The summed E-state index contributed by atoms with van der Waals surface area (Å²) >= 11 is 3.47. The van der Waals surface area contributed by atoms with Gasteiger partial charge in [0.05, 0.1) is 0 Å². The first-order valence-corrected chi connectivity index (χ1v) is 7.91. The van der Waals surface area contributed by atoms with Gasteiger partial charge in [0.15, 0.2) is 0 Å². The van der Waals surface area contributed by atoms with Crippen LogP contribution < -0.4 is 10.2 Å². The Bertz CT molecular complexity index is 665. The highest BCUT2D eigenvalue weighted by molar-refractivity contribution is 9.10. The van der Waals surface area contributed by atoms with Gasteiger partial charge >= 0.3 is 0 Å². The molecule has 21 heavy (non-hydrogen) atoms. The summed E-state index contributed by atoms with van der Waals surface area (Å²) in [5.74, 6) is 2.32. The summed E-state index contributed by atoms with van der Waals surface area (Å²) in [6.45, 7) is 2.12. The molecular formula is C16H19BrN4. The Morgan fingerprint density at radius 1 is 1.19 bits per heavy atom. The molecule has 1 aliphatic rings. The van der Waals surface area contributed by atoms with Gasteiger partial charge in [0.1, 0.15) is 16.2 Å². The van der Waals surface area contributed by atoms with E-state index < -0.39 is 0 Å². The number of anilines is 3. The quantitative estimate of drug-likeness (QED) is 0.840. The smallest absolute Gasteiger partial charge is 0.135 e. The van der Waals surface area contributed by atoms with Crippen molar-refractivity contribution in [3.05, 3.63) is 40.3 Å². The highest BCUT2D eigenvalue weighted by Gasteiger charge is 2.27. The fourth-order valence-corrected chi connectivity index (χ4v) is 2.74. The molecule has 1 aromatic heterocycles. The predicted molar refractivity (Wildman–Crippen MR) is 90.5 cm³/mol. The van der Waals surface area contributed by atoms with E-state index in [1.54, 1.807) is 0 Å². The van der Waals surface area contributed by atoms with Crippen molar-refractivity contribution in [3.63, 3.8) is 0 Å². The van der Waals surface area contributed by atoms with Gasteiger partial charge in [-0.1, -0.05) is 6.07 Å². The van der Waals surface area contributed by atoms with Crippen molar-refractivity contribution in [3.8, 4) is 0 Å². The number of nitrogens with one attached hydrogen (secondary N) is 1. The van der Waals surface area contributed by atoms with Crippen molar-refractivity contribution in [2.45, 2.75) is 25.7 Å². The summed E-state index contributed by atoms with van der Waals surface area (Å²) in [7, 11) is 4.11. The van der Waals surface area contributed by atoms with Crippen LogP contribution in [0.2, 0.25) is 0 Å². The molecule has 1 fully saturated rings. The molecule has 1 saturated carbocycles. The SMILES string of the molecule is Cc1ccc(Nc2cc(Br)nc(C3CC3)n2)cc1N(C)C. The van der Waals surface area contributed by atoms with Crippen molar-refractivity contribution >= 4 is 33.1 Å². The minimum Gasteiger partial charge on any atom is -0.377 e. The third-order valence-electron chi connectivity index (χ3n) is 3.62. The van der Waals surface area contributed by atoms with Crippen LogP contribution in [0.3, 0.4) is 0 Å². The molecule has 1 heterocycles. The number of aromatic nitrogens is 2. The van der Waals surface area contributed by atoms with Crippen molar-refractivity contribution < 1.29 is 0 Å². The molecule has 5 heteroatoms. The molecule has 0 spiro atoms. The van der Waals surface area contributed by atoms with Gasteiger partial charge in [0, 0.05) is 37.5 Å². The van der Waals surface area contributed by atoms with E-state index in [9.17, 15) is 0 Å². The summed E-state index contributed by atoms with van der Waals surface area (Å²) < 4.78 is 0.835. The molecule has 3 rings (SSSR count). The van der Waals surface area contributed by atoms with Crippen LogP contribution in [0, 0.1) is 6.92 Å². The van der Waals surface area contributed by atoms with Gasteiger partial charge in [0.25, 0.3) is 0 Å². The van der Waals surface area contributed by atoms with Crippen LogP contribution in [-0.4, -0.2) is 24.1 Å². The molecule has 0 atom stereocenters. The van der Waals surface area contributed by atoms with Gasteiger partial charge in [0.2, 0.25) is 0 Å². The number of rotatable bonds is 4. The predicted octanol–water partition coefficient (Wildman–Crippen LogP) is 4.23. The summed E-state index contributed by atoms with van der Waals surface area (Å²) in [5.41, 5.74) is 3.50. The lowest BCUT2D eigenvalue weighted by atomic mass is 10.1. The van der Waals surface area contributed by atoms with E-state index in [1.807, 2.05) is 6.07 Å². The number of hydrogen-bond donors (Lipinski definition) is 1. The topological polar surface area (TPSA) is 41.1 Å². The molecule has 1 aliphatic carbocycles. The Labute approximate surface area is 133 Å². The maximum absolute atomic E-state index is 4.62. The minimum absolute atomic E-state index is 0.540. The van der Waals surface area contributed by atoms with E-state index in [4.69, 9.17) is 0 Å². The molecule has 0 aliphatic heterocycles. The van der Waals surface area contributed by atoms with E-state index in [1.165, 1.54) is 24.1 Å². The van der Waals surface area contributed by atoms with Crippen molar-refractivity contribution in [2.24, 2.45) is 0 Å². The largest absolute Gasteiger partial charge is 0.377 e. The minimum atomic E-state index is 0.540. The Balaban J connectivity index is 1.88. The molecule has 4 nitrogen and oxygen atoms in total. The standard InChI is InChI=1S/C16H19BrN4/c1-10-4-7-12(8-13(10)21(2)3)18-15-9-14(17)19-16(20-15)11-5-6-11/h4,7-9,11H,5-6H2,1-3H3,(H,18,19,20). The van der Waals surface area contributed by atoms with Crippen LogP contribution in [0.25, 0.3) is 0 Å². The molecule has 1 aromatic carbocycles. The van der Waals surface area contributed by atoms with Gasteiger partial charge in [-0.15, -0.1) is 0 Å². The average Bonchev–Trinajstić information content (AvgIpc) is 3.24. The van der Waals surface area contributed by atoms with E-state index >= 15 is 0 Å². The zero-order valence-electron chi connectivity index (χ0n) is 12.5. The van der Waals surface area contributed by atoms with Crippen LogP contribution in [-0.2, 0) is 0 Å². The van der Waals surface area contributed by atoms with Crippen LogP contribution in [0.4, 0.5) is 17.2 Å². The molecule has 110 valence electrons. The highest BCUT2D eigenvalue weighted by Crippen LogP contribution is 2.39. The summed E-state index contributed by atoms with van der Waals surface area (Å²) in [6.07, 6.45) is 2.40.